The van der Waals surface area contributed by atoms with Crippen LogP contribution in [-0.2, 0) is 20.8 Å². The van der Waals surface area contributed by atoms with E-state index in [9.17, 15) is 12.6 Å². The van der Waals surface area contributed by atoms with E-state index in [0.717, 1.165) is 5.69 Å². The first kappa shape index (κ1) is 15.1. The summed E-state index contributed by atoms with van der Waals surface area (Å²) in [6.07, 6.45) is 1.65. The molecule has 1 N–H and O–H groups in total. The van der Waals surface area contributed by atoms with Crippen LogP contribution in [0.3, 0.4) is 0 Å². The molecule has 1 unspecified atom stereocenters. The van der Waals surface area contributed by atoms with Crippen molar-refractivity contribution in [2.75, 3.05) is 38.0 Å². The first-order valence-corrected chi connectivity index (χ1v) is 8.57. The zero-order chi connectivity index (χ0) is 13.8. The maximum absolute atomic E-state index is 11.8. The largest absolute Gasteiger partial charge is 0.384 e. The molecule has 18 heavy (non-hydrogen) atoms. The maximum Gasteiger partial charge on any atom is 0.242 e. The van der Waals surface area contributed by atoms with Gasteiger partial charge in [-0.3, -0.25) is 4.21 Å². The van der Waals surface area contributed by atoms with E-state index in [-0.39, 0.29) is 4.90 Å². The summed E-state index contributed by atoms with van der Waals surface area (Å²) in [6.45, 7) is 0.600. The molecule has 0 saturated heterocycles. The number of nitrogens with zero attached hydrogens (tertiary/aromatic N) is 1. The first-order valence-electron chi connectivity index (χ1n) is 5.40. The first-order chi connectivity index (χ1) is 8.34. The number of sulfonamides is 1. The number of rotatable bonds is 6. The molecule has 0 heterocycles. The van der Waals surface area contributed by atoms with Gasteiger partial charge in [0, 0.05) is 49.1 Å². The highest BCUT2D eigenvalue weighted by atomic mass is 32.2. The molecule has 0 amide bonds. The van der Waals surface area contributed by atoms with Crippen molar-refractivity contribution in [2.24, 2.45) is 0 Å². The molecule has 0 aliphatic carbocycles. The number of anilines is 1. The Hall–Kier alpha value is -0.920. The van der Waals surface area contributed by atoms with Crippen molar-refractivity contribution in [3.63, 3.8) is 0 Å². The second-order valence-electron chi connectivity index (χ2n) is 4.02. The number of hydrogen-bond acceptors (Lipinski definition) is 4. The molecule has 0 saturated carbocycles. The Labute approximate surface area is 111 Å². The van der Waals surface area contributed by atoms with E-state index in [1.807, 2.05) is 0 Å². The standard InChI is InChI=1S/C11H18N2O3S2/c1-13(2)18(15,16)11-6-4-10(5-7-11)12-8-9-17(3)14/h4-7,12H,8-9H2,1-3H3. The number of nitrogens with one attached hydrogen (secondary N) is 1. The van der Waals surface area contributed by atoms with Crippen LogP contribution in [-0.4, -0.2) is 49.6 Å². The van der Waals surface area contributed by atoms with Crippen molar-refractivity contribution in [3.8, 4) is 0 Å². The van der Waals surface area contributed by atoms with Crippen LogP contribution in [0, 0.1) is 0 Å². The van der Waals surface area contributed by atoms with E-state index in [0.29, 0.717) is 12.3 Å². The van der Waals surface area contributed by atoms with Gasteiger partial charge < -0.3 is 5.32 Å². The van der Waals surface area contributed by atoms with Crippen molar-refractivity contribution in [2.45, 2.75) is 4.90 Å². The van der Waals surface area contributed by atoms with Gasteiger partial charge in [0.1, 0.15) is 0 Å². The van der Waals surface area contributed by atoms with E-state index in [1.165, 1.54) is 18.4 Å². The van der Waals surface area contributed by atoms with Gasteiger partial charge in [0.25, 0.3) is 0 Å². The van der Waals surface area contributed by atoms with Gasteiger partial charge in [0.15, 0.2) is 0 Å². The average Bonchev–Trinajstić information content (AvgIpc) is 2.29. The lowest BCUT2D eigenvalue weighted by Crippen LogP contribution is -2.22. The Morgan fingerprint density at radius 3 is 2.22 bits per heavy atom. The van der Waals surface area contributed by atoms with Gasteiger partial charge in [0.2, 0.25) is 10.0 Å². The van der Waals surface area contributed by atoms with Crippen LogP contribution >= 0.6 is 0 Å². The second-order valence-corrected chi connectivity index (χ2v) is 7.72. The Morgan fingerprint density at radius 1 is 1.22 bits per heavy atom. The van der Waals surface area contributed by atoms with Gasteiger partial charge in [-0.05, 0) is 24.3 Å². The third-order valence-corrected chi connectivity index (χ3v) is 4.96. The molecule has 0 fully saturated rings. The molecule has 0 bridgehead atoms. The van der Waals surface area contributed by atoms with E-state index in [2.05, 4.69) is 5.32 Å². The quantitative estimate of drug-likeness (QED) is 0.838. The molecule has 0 aromatic heterocycles. The minimum atomic E-state index is -3.37. The summed E-state index contributed by atoms with van der Waals surface area (Å²) >= 11 is 0. The summed E-state index contributed by atoms with van der Waals surface area (Å²) in [5.41, 5.74) is 0.818. The van der Waals surface area contributed by atoms with Crippen molar-refractivity contribution < 1.29 is 12.6 Å². The van der Waals surface area contributed by atoms with E-state index in [4.69, 9.17) is 0 Å². The van der Waals surface area contributed by atoms with Crippen molar-refractivity contribution in [3.05, 3.63) is 24.3 Å². The number of benzene rings is 1. The Balaban J connectivity index is 2.72. The third kappa shape index (κ3) is 4.08. The molecule has 1 atom stereocenters. The van der Waals surface area contributed by atoms with Crippen LogP contribution in [0.4, 0.5) is 5.69 Å². The fourth-order valence-electron chi connectivity index (χ4n) is 1.29. The molecule has 5 nitrogen and oxygen atoms in total. The van der Waals surface area contributed by atoms with Crippen LogP contribution in [0.25, 0.3) is 0 Å². The summed E-state index contributed by atoms with van der Waals surface area (Å²) in [7, 11) is -1.20. The van der Waals surface area contributed by atoms with E-state index >= 15 is 0 Å². The van der Waals surface area contributed by atoms with Crippen LogP contribution in [0.15, 0.2) is 29.2 Å². The van der Waals surface area contributed by atoms with Crippen LogP contribution in [0.5, 0.6) is 0 Å². The maximum atomic E-state index is 11.8. The van der Waals surface area contributed by atoms with Gasteiger partial charge >= 0.3 is 0 Å². The lowest BCUT2D eigenvalue weighted by atomic mass is 10.3. The topological polar surface area (TPSA) is 66.5 Å². The predicted molar refractivity (Wildman–Crippen MR) is 74.7 cm³/mol. The van der Waals surface area contributed by atoms with Crippen molar-refractivity contribution in [1.82, 2.24) is 4.31 Å². The lowest BCUT2D eigenvalue weighted by molar-refractivity contribution is 0.521. The lowest BCUT2D eigenvalue weighted by Gasteiger charge is -2.12. The molecule has 1 rings (SSSR count). The molecular formula is C11H18N2O3S2. The van der Waals surface area contributed by atoms with E-state index in [1.54, 1.807) is 30.5 Å². The Kier molecular flexibility index (Phi) is 5.30. The van der Waals surface area contributed by atoms with Gasteiger partial charge in [-0.1, -0.05) is 0 Å². The zero-order valence-electron chi connectivity index (χ0n) is 10.7. The van der Waals surface area contributed by atoms with Gasteiger partial charge in [-0.15, -0.1) is 0 Å². The molecule has 0 aliphatic rings. The molecule has 0 spiro atoms. The minimum absolute atomic E-state index is 0.261. The summed E-state index contributed by atoms with van der Waals surface area (Å²) in [5.74, 6) is 0.567. The summed E-state index contributed by atoms with van der Waals surface area (Å²) in [4.78, 5) is 0.261. The summed E-state index contributed by atoms with van der Waals surface area (Å²) < 4.78 is 35.7. The number of hydrogen-bond donors (Lipinski definition) is 1. The molecule has 0 radical (unpaired) electrons. The zero-order valence-corrected chi connectivity index (χ0v) is 12.3. The van der Waals surface area contributed by atoms with Crippen LogP contribution in [0.1, 0.15) is 0 Å². The van der Waals surface area contributed by atoms with Gasteiger partial charge in [0.05, 0.1) is 4.90 Å². The predicted octanol–water partition coefficient (Wildman–Crippen LogP) is 0.727. The van der Waals surface area contributed by atoms with Crippen LogP contribution in [0.2, 0.25) is 0 Å². The monoisotopic (exact) mass is 290 g/mol. The average molecular weight is 290 g/mol. The fraction of sp³-hybridized carbons (Fsp3) is 0.455. The van der Waals surface area contributed by atoms with Crippen LogP contribution < -0.4 is 5.32 Å². The smallest absolute Gasteiger partial charge is 0.242 e. The highest BCUT2D eigenvalue weighted by molar-refractivity contribution is 7.89. The Morgan fingerprint density at radius 2 is 1.78 bits per heavy atom. The normalized spacial score (nSPS) is 13.6. The minimum Gasteiger partial charge on any atom is -0.384 e. The molecule has 1 aromatic carbocycles. The third-order valence-electron chi connectivity index (χ3n) is 2.35. The van der Waals surface area contributed by atoms with Crippen molar-refractivity contribution in [1.29, 1.82) is 0 Å². The summed E-state index contributed by atoms with van der Waals surface area (Å²) in [6, 6.07) is 6.52. The highest BCUT2D eigenvalue weighted by Gasteiger charge is 2.16. The summed E-state index contributed by atoms with van der Waals surface area (Å²) in [5, 5.41) is 3.08. The van der Waals surface area contributed by atoms with Gasteiger partial charge in [-0.25, -0.2) is 12.7 Å². The second kappa shape index (κ2) is 6.31. The SMILES string of the molecule is CN(C)S(=O)(=O)c1ccc(NCCS(C)=O)cc1. The molecular weight excluding hydrogens is 272 g/mol. The van der Waals surface area contributed by atoms with Gasteiger partial charge in [-0.2, -0.15) is 0 Å². The molecule has 0 aliphatic heterocycles. The highest BCUT2D eigenvalue weighted by Crippen LogP contribution is 2.16. The molecule has 102 valence electrons. The Bertz CT molecular complexity index is 510. The van der Waals surface area contributed by atoms with E-state index < -0.39 is 20.8 Å². The van der Waals surface area contributed by atoms with Crippen molar-refractivity contribution >= 4 is 26.5 Å². The molecule has 1 aromatic rings. The molecule has 7 heteroatoms. The fourth-order valence-corrected chi connectivity index (χ4v) is 2.59.